The van der Waals surface area contributed by atoms with Crippen LogP contribution in [0.15, 0.2) is 24.0 Å². The standard InChI is InChI=1S/C11H19N3O3/c1-4-17-11(16)9(12)7-13-5-6-14-10(15)8(2)3/h7,13H,2,4-6,12H2,1,3H3,(H,14,15)/b9-7-. The lowest BCUT2D eigenvalue weighted by atomic mass is 10.3. The van der Waals surface area contributed by atoms with Gasteiger partial charge in [-0.3, -0.25) is 4.79 Å². The Balaban J connectivity index is 3.76. The van der Waals surface area contributed by atoms with Crippen molar-refractivity contribution in [3.05, 3.63) is 24.0 Å². The minimum Gasteiger partial charge on any atom is -0.461 e. The number of amides is 1. The predicted molar refractivity (Wildman–Crippen MR) is 64.7 cm³/mol. The summed E-state index contributed by atoms with van der Waals surface area (Å²) in [6, 6.07) is 0. The molecule has 0 radical (unpaired) electrons. The highest BCUT2D eigenvalue weighted by Crippen LogP contribution is 1.87. The molecule has 0 aliphatic rings. The minimum atomic E-state index is -0.564. The summed E-state index contributed by atoms with van der Waals surface area (Å²) in [7, 11) is 0. The van der Waals surface area contributed by atoms with Gasteiger partial charge in [0.1, 0.15) is 5.70 Å². The number of hydrogen-bond donors (Lipinski definition) is 3. The third-order valence-corrected chi connectivity index (χ3v) is 1.71. The molecule has 6 nitrogen and oxygen atoms in total. The lowest BCUT2D eigenvalue weighted by molar-refractivity contribution is -0.138. The molecular formula is C11H19N3O3. The topological polar surface area (TPSA) is 93.5 Å². The van der Waals surface area contributed by atoms with Crippen LogP contribution in [0.1, 0.15) is 13.8 Å². The van der Waals surface area contributed by atoms with E-state index in [4.69, 9.17) is 5.73 Å². The number of carbonyl (C=O) groups is 2. The molecule has 0 spiro atoms. The molecule has 6 heteroatoms. The van der Waals surface area contributed by atoms with Crippen LogP contribution in [-0.2, 0) is 14.3 Å². The van der Waals surface area contributed by atoms with E-state index >= 15 is 0 Å². The van der Waals surface area contributed by atoms with Crippen LogP contribution in [0.4, 0.5) is 0 Å². The second-order valence-electron chi connectivity index (χ2n) is 3.31. The molecule has 0 saturated heterocycles. The van der Waals surface area contributed by atoms with Crippen molar-refractivity contribution < 1.29 is 14.3 Å². The Morgan fingerprint density at radius 1 is 1.41 bits per heavy atom. The van der Waals surface area contributed by atoms with Gasteiger partial charge in [-0.1, -0.05) is 6.58 Å². The fourth-order valence-corrected chi connectivity index (χ4v) is 0.855. The van der Waals surface area contributed by atoms with Crippen LogP contribution in [0, 0.1) is 0 Å². The van der Waals surface area contributed by atoms with Crippen molar-refractivity contribution >= 4 is 11.9 Å². The molecule has 0 atom stereocenters. The van der Waals surface area contributed by atoms with E-state index in [0.717, 1.165) is 0 Å². The van der Waals surface area contributed by atoms with Crippen LogP contribution < -0.4 is 16.4 Å². The fourth-order valence-electron chi connectivity index (χ4n) is 0.855. The molecule has 0 fully saturated rings. The first-order valence-electron chi connectivity index (χ1n) is 5.28. The third kappa shape index (κ3) is 6.99. The molecule has 0 aliphatic carbocycles. The van der Waals surface area contributed by atoms with Crippen molar-refractivity contribution in [2.45, 2.75) is 13.8 Å². The van der Waals surface area contributed by atoms with Gasteiger partial charge in [-0.25, -0.2) is 4.79 Å². The second kappa shape index (κ2) is 8.20. The zero-order valence-electron chi connectivity index (χ0n) is 10.2. The lowest BCUT2D eigenvalue weighted by Gasteiger charge is -2.05. The summed E-state index contributed by atoms with van der Waals surface area (Å²) in [6.45, 7) is 7.98. The number of carbonyl (C=O) groups excluding carboxylic acids is 2. The van der Waals surface area contributed by atoms with Crippen LogP contribution in [-0.4, -0.2) is 31.6 Å². The Bertz CT molecular complexity index is 324. The molecule has 4 N–H and O–H groups in total. The summed E-state index contributed by atoms with van der Waals surface area (Å²) in [4.78, 5) is 22.1. The van der Waals surface area contributed by atoms with Gasteiger partial charge in [0, 0.05) is 24.9 Å². The summed E-state index contributed by atoms with van der Waals surface area (Å²) in [5.74, 6) is -0.764. The first-order valence-corrected chi connectivity index (χ1v) is 5.28. The normalized spacial score (nSPS) is 10.6. The number of ether oxygens (including phenoxy) is 1. The zero-order valence-corrected chi connectivity index (χ0v) is 10.2. The van der Waals surface area contributed by atoms with E-state index in [1.807, 2.05) is 0 Å². The molecule has 0 heterocycles. The monoisotopic (exact) mass is 241 g/mol. The molecule has 0 saturated carbocycles. The number of nitrogens with two attached hydrogens (primary N) is 1. The van der Waals surface area contributed by atoms with Crippen molar-refractivity contribution in [2.75, 3.05) is 19.7 Å². The van der Waals surface area contributed by atoms with E-state index < -0.39 is 5.97 Å². The number of esters is 1. The van der Waals surface area contributed by atoms with Gasteiger partial charge in [0.05, 0.1) is 6.61 Å². The average Bonchev–Trinajstić information content (AvgIpc) is 2.28. The number of nitrogens with one attached hydrogen (secondary N) is 2. The van der Waals surface area contributed by atoms with Crippen molar-refractivity contribution in [1.29, 1.82) is 0 Å². The molecule has 0 unspecified atom stereocenters. The van der Waals surface area contributed by atoms with Crippen molar-refractivity contribution in [3.63, 3.8) is 0 Å². The van der Waals surface area contributed by atoms with E-state index in [-0.39, 0.29) is 18.2 Å². The molecule has 0 aromatic rings. The first kappa shape index (κ1) is 15.0. The van der Waals surface area contributed by atoms with Crippen LogP contribution in [0.2, 0.25) is 0 Å². The Hall–Kier alpha value is -1.98. The third-order valence-electron chi connectivity index (χ3n) is 1.71. The van der Waals surface area contributed by atoms with E-state index in [2.05, 4.69) is 21.9 Å². The van der Waals surface area contributed by atoms with Crippen LogP contribution in [0.5, 0.6) is 0 Å². The minimum absolute atomic E-state index is 0.00178. The average molecular weight is 241 g/mol. The first-order chi connectivity index (χ1) is 7.99. The molecule has 1 amide bonds. The quantitative estimate of drug-likeness (QED) is 0.321. The van der Waals surface area contributed by atoms with Gasteiger partial charge < -0.3 is 21.1 Å². The van der Waals surface area contributed by atoms with Gasteiger partial charge >= 0.3 is 5.97 Å². The summed E-state index contributed by atoms with van der Waals surface area (Å²) in [5, 5.41) is 5.41. The van der Waals surface area contributed by atoms with Gasteiger partial charge in [0.25, 0.3) is 0 Å². The van der Waals surface area contributed by atoms with E-state index in [1.54, 1.807) is 13.8 Å². The van der Waals surface area contributed by atoms with Gasteiger partial charge in [0.2, 0.25) is 5.91 Å². The second-order valence-corrected chi connectivity index (χ2v) is 3.31. The SMILES string of the molecule is C=C(C)C(=O)NCCN/C=C(\N)C(=O)OCC. The summed E-state index contributed by atoms with van der Waals surface area (Å²) < 4.78 is 4.68. The molecule has 17 heavy (non-hydrogen) atoms. The largest absolute Gasteiger partial charge is 0.461 e. The zero-order chi connectivity index (χ0) is 13.3. The molecule has 0 bridgehead atoms. The highest BCUT2D eigenvalue weighted by Gasteiger charge is 2.04. The van der Waals surface area contributed by atoms with Crippen LogP contribution >= 0.6 is 0 Å². The Morgan fingerprint density at radius 3 is 2.59 bits per heavy atom. The van der Waals surface area contributed by atoms with Gasteiger partial charge in [-0.15, -0.1) is 0 Å². The molecule has 0 aromatic heterocycles. The van der Waals surface area contributed by atoms with Crippen molar-refractivity contribution in [3.8, 4) is 0 Å². The molecular weight excluding hydrogens is 222 g/mol. The molecule has 0 aromatic carbocycles. The maximum atomic E-state index is 11.1. The van der Waals surface area contributed by atoms with Crippen molar-refractivity contribution in [2.24, 2.45) is 5.73 Å². The summed E-state index contributed by atoms with van der Waals surface area (Å²) in [5.41, 5.74) is 5.86. The van der Waals surface area contributed by atoms with Crippen LogP contribution in [0.25, 0.3) is 0 Å². The Labute approximate surface area is 101 Å². The predicted octanol–water partition coefficient (Wildman–Crippen LogP) is -0.368. The summed E-state index contributed by atoms with van der Waals surface area (Å²) >= 11 is 0. The van der Waals surface area contributed by atoms with Gasteiger partial charge in [-0.05, 0) is 13.8 Å². The highest BCUT2D eigenvalue weighted by atomic mass is 16.5. The van der Waals surface area contributed by atoms with Crippen LogP contribution in [0.3, 0.4) is 0 Å². The van der Waals surface area contributed by atoms with E-state index in [1.165, 1.54) is 6.20 Å². The Morgan fingerprint density at radius 2 is 2.06 bits per heavy atom. The number of hydrogen-bond acceptors (Lipinski definition) is 5. The fraction of sp³-hybridized carbons (Fsp3) is 0.455. The number of rotatable bonds is 7. The molecule has 96 valence electrons. The highest BCUT2D eigenvalue weighted by molar-refractivity contribution is 5.92. The van der Waals surface area contributed by atoms with E-state index in [0.29, 0.717) is 18.7 Å². The van der Waals surface area contributed by atoms with Gasteiger partial charge in [-0.2, -0.15) is 0 Å². The lowest BCUT2D eigenvalue weighted by Crippen LogP contribution is -2.31. The smallest absolute Gasteiger partial charge is 0.355 e. The summed E-state index contributed by atoms with van der Waals surface area (Å²) in [6.07, 6.45) is 1.35. The molecule has 0 rings (SSSR count). The van der Waals surface area contributed by atoms with Crippen molar-refractivity contribution in [1.82, 2.24) is 10.6 Å². The maximum absolute atomic E-state index is 11.1. The van der Waals surface area contributed by atoms with E-state index in [9.17, 15) is 9.59 Å². The van der Waals surface area contributed by atoms with Gasteiger partial charge in [0.15, 0.2) is 0 Å². The maximum Gasteiger partial charge on any atom is 0.355 e. The molecule has 0 aliphatic heterocycles. The Kier molecular flexibility index (Phi) is 7.25.